The summed E-state index contributed by atoms with van der Waals surface area (Å²) in [6.45, 7) is 1.46. The Morgan fingerprint density at radius 1 is 1.47 bits per heavy atom. The van der Waals surface area contributed by atoms with E-state index in [-0.39, 0.29) is 5.78 Å². The molecule has 0 N–H and O–H groups in total. The average Bonchev–Trinajstić information content (AvgIpc) is 2.56. The molecule has 2 aromatic rings. The Kier molecular flexibility index (Phi) is 2.32. The van der Waals surface area contributed by atoms with Crippen molar-refractivity contribution in [3.8, 4) is 5.75 Å². The molecule has 1 aromatic heterocycles. The molecule has 0 amide bonds. The molecule has 0 fully saturated rings. The number of ketones is 1. The number of hydrogen-bond acceptors (Lipinski definition) is 5. The van der Waals surface area contributed by atoms with Gasteiger partial charge in [0.1, 0.15) is 0 Å². The lowest BCUT2D eigenvalue weighted by Gasteiger charge is -2.01. The van der Waals surface area contributed by atoms with Crippen molar-refractivity contribution in [2.45, 2.75) is 6.92 Å². The van der Waals surface area contributed by atoms with E-state index < -0.39 is 4.94 Å². The van der Waals surface area contributed by atoms with Crippen molar-refractivity contribution in [3.63, 3.8) is 0 Å². The van der Waals surface area contributed by atoms with Gasteiger partial charge >= 0.3 is 4.94 Å². The third-order valence-corrected chi connectivity index (χ3v) is 2.80. The van der Waals surface area contributed by atoms with Crippen LogP contribution in [-0.2, 0) is 0 Å². The standard InChI is InChI=1S/C10H8O4S/c1-5(11)6-3-7(13-2)9-8(4-6)15-10(12)14-9/h3-4H,1-2H3. The molecule has 0 aliphatic carbocycles. The highest BCUT2D eigenvalue weighted by Gasteiger charge is 2.12. The molecule has 0 bridgehead atoms. The van der Waals surface area contributed by atoms with E-state index in [2.05, 4.69) is 0 Å². The molecule has 1 heterocycles. The number of Topliss-reactive ketones (excluding diaryl/α,β-unsaturated/α-hetero) is 1. The first kappa shape index (κ1) is 9.92. The van der Waals surface area contributed by atoms with E-state index in [1.807, 2.05) is 0 Å². The average molecular weight is 224 g/mol. The van der Waals surface area contributed by atoms with Gasteiger partial charge in [-0.1, -0.05) is 11.3 Å². The maximum absolute atomic E-state index is 11.2. The van der Waals surface area contributed by atoms with Gasteiger partial charge in [-0.2, -0.15) is 0 Å². The molecule has 15 heavy (non-hydrogen) atoms. The van der Waals surface area contributed by atoms with Gasteiger partial charge in [-0.3, -0.25) is 4.79 Å². The zero-order chi connectivity index (χ0) is 11.0. The fraction of sp³-hybridized carbons (Fsp3) is 0.200. The van der Waals surface area contributed by atoms with Crippen LogP contribution in [0.1, 0.15) is 17.3 Å². The van der Waals surface area contributed by atoms with Gasteiger partial charge < -0.3 is 9.15 Å². The predicted molar refractivity (Wildman–Crippen MR) is 56.9 cm³/mol. The van der Waals surface area contributed by atoms with Crippen molar-refractivity contribution >= 4 is 27.4 Å². The van der Waals surface area contributed by atoms with Crippen LogP contribution < -0.4 is 9.68 Å². The SMILES string of the molecule is COc1cc(C(C)=O)cc2sc(=O)oc12. The van der Waals surface area contributed by atoms with Crippen molar-refractivity contribution in [1.82, 2.24) is 0 Å². The highest BCUT2D eigenvalue weighted by molar-refractivity contribution is 7.16. The quantitative estimate of drug-likeness (QED) is 0.733. The molecule has 4 nitrogen and oxygen atoms in total. The molecule has 0 aliphatic heterocycles. The van der Waals surface area contributed by atoms with Crippen molar-refractivity contribution < 1.29 is 13.9 Å². The van der Waals surface area contributed by atoms with Crippen LogP contribution in [-0.4, -0.2) is 12.9 Å². The lowest BCUT2D eigenvalue weighted by atomic mass is 10.1. The van der Waals surface area contributed by atoms with Crippen molar-refractivity contribution in [2.24, 2.45) is 0 Å². The molecule has 1 aromatic carbocycles. The van der Waals surface area contributed by atoms with E-state index in [0.717, 1.165) is 11.3 Å². The predicted octanol–water partition coefficient (Wildman–Crippen LogP) is 2.07. The number of methoxy groups -OCH3 is 1. The van der Waals surface area contributed by atoms with Crippen LogP contribution in [0.3, 0.4) is 0 Å². The third kappa shape index (κ3) is 1.66. The first-order valence-corrected chi connectivity index (χ1v) is 5.06. The fourth-order valence-corrected chi connectivity index (χ4v) is 2.03. The lowest BCUT2D eigenvalue weighted by molar-refractivity contribution is 0.101. The summed E-state index contributed by atoms with van der Waals surface area (Å²) in [5, 5.41) is 0. The van der Waals surface area contributed by atoms with Gasteiger partial charge in [0.25, 0.3) is 0 Å². The van der Waals surface area contributed by atoms with E-state index in [0.29, 0.717) is 21.6 Å². The summed E-state index contributed by atoms with van der Waals surface area (Å²) in [5.41, 5.74) is 0.911. The van der Waals surface area contributed by atoms with Gasteiger partial charge in [-0.15, -0.1) is 0 Å². The van der Waals surface area contributed by atoms with Crippen LogP contribution in [0.5, 0.6) is 5.75 Å². The molecule has 78 valence electrons. The number of rotatable bonds is 2. The van der Waals surface area contributed by atoms with Crippen LogP contribution in [0.4, 0.5) is 0 Å². The molecular weight excluding hydrogens is 216 g/mol. The summed E-state index contributed by atoms with van der Waals surface area (Å²) in [7, 11) is 1.47. The minimum Gasteiger partial charge on any atom is -0.493 e. The summed E-state index contributed by atoms with van der Waals surface area (Å²) in [6, 6.07) is 3.20. The number of benzene rings is 1. The Morgan fingerprint density at radius 3 is 2.80 bits per heavy atom. The van der Waals surface area contributed by atoms with Crippen molar-refractivity contribution in [1.29, 1.82) is 0 Å². The third-order valence-electron chi connectivity index (χ3n) is 2.03. The van der Waals surface area contributed by atoms with E-state index >= 15 is 0 Å². The molecule has 2 rings (SSSR count). The van der Waals surface area contributed by atoms with E-state index in [1.54, 1.807) is 12.1 Å². The summed E-state index contributed by atoms with van der Waals surface area (Å²) < 4.78 is 10.6. The van der Waals surface area contributed by atoms with Crippen LogP contribution >= 0.6 is 11.3 Å². The van der Waals surface area contributed by atoms with Crippen LogP contribution in [0.15, 0.2) is 21.3 Å². The number of fused-ring (bicyclic) bond motifs is 1. The molecule has 0 radical (unpaired) electrons. The Hall–Kier alpha value is -1.62. The lowest BCUT2D eigenvalue weighted by Crippen LogP contribution is -1.93. The molecule has 0 aliphatic rings. The van der Waals surface area contributed by atoms with Gasteiger partial charge in [0, 0.05) is 5.56 Å². The van der Waals surface area contributed by atoms with Crippen LogP contribution in [0.2, 0.25) is 0 Å². The monoisotopic (exact) mass is 224 g/mol. The highest BCUT2D eigenvalue weighted by Crippen LogP contribution is 2.29. The molecule has 0 saturated heterocycles. The van der Waals surface area contributed by atoms with Crippen LogP contribution in [0.25, 0.3) is 10.3 Å². The zero-order valence-electron chi connectivity index (χ0n) is 8.20. The van der Waals surface area contributed by atoms with Gasteiger partial charge in [0.15, 0.2) is 17.1 Å². The second-order valence-electron chi connectivity index (χ2n) is 3.02. The summed E-state index contributed by atoms with van der Waals surface area (Å²) in [6.07, 6.45) is 0. The number of carbonyl (C=O) groups excluding carboxylic acids is 1. The Balaban J connectivity index is 2.81. The second-order valence-corrected chi connectivity index (χ2v) is 3.99. The number of carbonyl (C=O) groups is 1. The van der Waals surface area contributed by atoms with Crippen LogP contribution in [0, 0.1) is 0 Å². The highest BCUT2D eigenvalue weighted by atomic mass is 32.1. The largest absolute Gasteiger partial charge is 0.493 e. The fourth-order valence-electron chi connectivity index (χ4n) is 1.30. The molecule has 0 saturated carbocycles. The first-order chi connectivity index (χ1) is 7.11. The molecular formula is C10H8O4S. The van der Waals surface area contributed by atoms with E-state index in [1.165, 1.54) is 14.0 Å². The number of ether oxygens (including phenoxy) is 1. The van der Waals surface area contributed by atoms with Crippen molar-refractivity contribution in [3.05, 3.63) is 27.4 Å². The Labute approximate surface area is 89.1 Å². The molecule has 0 spiro atoms. The summed E-state index contributed by atoms with van der Waals surface area (Å²) in [4.78, 5) is 21.9. The van der Waals surface area contributed by atoms with Gasteiger partial charge in [-0.25, -0.2) is 4.79 Å². The smallest absolute Gasteiger partial charge is 0.396 e. The topological polar surface area (TPSA) is 56.5 Å². The van der Waals surface area contributed by atoms with Gasteiger partial charge in [0.05, 0.1) is 11.8 Å². The Morgan fingerprint density at radius 2 is 2.20 bits per heavy atom. The van der Waals surface area contributed by atoms with E-state index in [9.17, 15) is 9.59 Å². The maximum atomic E-state index is 11.2. The van der Waals surface area contributed by atoms with E-state index in [4.69, 9.17) is 9.15 Å². The minimum absolute atomic E-state index is 0.0731. The molecule has 5 heteroatoms. The minimum atomic E-state index is -0.399. The second kappa shape index (κ2) is 3.51. The zero-order valence-corrected chi connectivity index (χ0v) is 9.01. The normalized spacial score (nSPS) is 10.5. The Bertz CT molecular complexity index is 579. The molecule has 0 atom stereocenters. The molecule has 0 unspecified atom stereocenters. The first-order valence-electron chi connectivity index (χ1n) is 4.24. The van der Waals surface area contributed by atoms with Gasteiger partial charge in [-0.05, 0) is 19.1 Å². The van der Waals surface area contributed by atoms with Gasteiger partial charge in [0.2, 0.25) is 0 Å². The summed E-state index contributed by atoms with van der Waals surface area (Å²) >= 11 is 0.959. The number of hydrogen-bond donors (Lipinski definition) is 0. The maximum Gasteiger partial charge on any atom is 0.396 e. The van der Waals surface area contributed by atoms with Crippen molar-refractivity contribution in [2.75, 3.05) is 7.11 Å². The summed E-state index contributed by atoms with van der Waals surface area (Å²) in [5.74, 6) is 0.340.